The molecule has 0 bridgehead atoms. The van der Waals surface area contributed by atoms with E-state index >= 15 is 0 Å². The molecule has 2 radical (unpaired) electrons. The summed E-state index contributed by atoms with van der Waals surface area (Å²) in [6, 6.07) is 11.5. The van der Waals surface area contributed by atoms with Crippen molar-refractivity contribution < 1.29 is 9.53 Å². The highest BCUT2D eigenvalue weighted by molar-refractivity contribution is 6.32. The Hall–Kier alpha value is -2.81. The highest BCUT2D eigenvalue weighted by atomic mass is 16.6. The number of amides is 1. The van der Waals surface area contributed by atoms with Gasteiger partial charge in [0, 0.05) is 12.7 Å². The van der Waals surface area contributed by atoms with Crippen LogP contribution in [-0.2, 0) is 17.8 Å². The quantitative estimate of drug-likeness (QED) is 0.785. The van der Waals surface area contributed by atoms with Crippen molar-refractivity contribution in [1.29, 1.82) is 5.26 Å². The molecule has 3 rings (SSSR count). The fourth-order valence-electron chi connectivity index (χ4n) is 2.96. The Kier molecular flexibility index (Phi) is 4.73. The van der Waals surface area contributed by atoms with Crippen LogP contribution in [0.1, 0.15) is 49.1 Å². The topological polar surface area (TPSA) is 66.2 Å². The standard InChI is InChI=1S/C20H20BN3O2/c1-20(2,3)26-19(25)24-11-14-8-18(23-10-15(14)12-24)17(9-22)13-5-4-6-16(21)7-13/h4-8,10,17H,11-12H2,1-3H3. The summed E-state index contributed by atoms with van der Waals surface area (Å²) in [6.07, 6.45) is 1.40. The molecule has 5 nitrogen and oxygen atoms in total. The molecular formula is C20H20BN3O2. The van der Waals surface area contributed by atoms with Gasteiger partial charge in [0.2, 0.25) is 0 Å². The number of fused-ring (bicyclic) bond motifs is 1. The van der Waals surface area contributed by atoms with Crippen LogP contribution in [0.4, 0.5) is 4.79 Å². The number of ether oxygens (including phenoxy) is 1. The van der Waals surface area contributed by atoms with Crippen molar-refractivity contribution in [3.8, 4) is 6.07 Å². The normalized spacial score (nSPS) is 14.5. The number of pyridine rings is 1. The molecule has 1 unspecified atom stereocenters. The van der Waals surface area contributed by atoms with Crippen LogP contribution < -0.4 is 5.46 Å². The van der Waals surface area contributed by atoms with Gasteiger partial charge in [-0.25, -0.2) is 4.79 Å². The van der Waals surface area contributed by atoms with Crippen LogP contribution in [-0.4, -0.2) is 29.4 Å². The van der Waals surface area contributed by atoms with Gasteiger partial charge in [0.25, 0.3) is 0 Å². The molecule has 1 atom stereocenters. The second-order valence-corrected chi connectivity index (χ2v) is 7.45. The number of benzene rings is 1. The van der Waals surface area contributed by atoms with Gasteiger partial charge in [-0.15, -0.1) is 0 Å². The van der Waals surface area contributed by atoms with Crippen molar-refractivity contribution in [1.82, 2.24) is 9.88 Å². The van der Waals surface area contributed by atoms with E-state index in [2.05, 4.69) is 11.1 Å². The van der Waals surface area contributed by atoms with Crippen molar-refractivity contribution in [2.75, 3.05) is 0 Å². The first kappa shape index (κ1) is 18.0. The number of carbonyl (C=O) groups is 1. The predicted molar refractivity (Wildman–Crippen MR) is 99.0 cm³/mol. The molecule has 1 aliphatic heterocycles. The van der Waals surface area contributed by atoms with E-state index in [1.807, 2.05) is 39.0 Å². The van der Waals surface area contributed by atoms with Crippen LogP contribution >= 0.6 is 0 Å². The molecular weight excluding hydrogens is 325 g/mol. The first-order valence-electron chi connectivity index (χ1n) is 8.47. The minimum atomic E-state index is -0.533. The van der Waals surface area contributed by atoms with Crippen LogP contribution in [0.15, 0.2) is 36.5 Å². The molecule has 0 spiro atoms. The molecule has 0 N–H and O–H groups in total. The number of nitriles is 1. The van der Waals surface area contributed by atoms with Gasteiger partial charge in [0.05, 0.1) is 18.3 Å². The minimum Gasteiger partial charge on any atom is -0.444 e. The van der Waals surface area contributed by atoms with Crippen LogP contribution in [0.25, 0.3) is 0 Å². The molecule has 1 aromatic heterocycles. The zero-order chi connectivity index (χ0) is 18.9. The summed E-state index contributed by atoms with van der Waals surface area (Å²) < 4.78 is 5.43. The Labute approximate surface area is 155 Å². The van der Waals surface area contributed by atoms with Gasteiger partial charge in [0.15, 0.2) is 0 Å². The zero-order valence-electron chi connectivity index (χ0n) is 15.2. The summed E-state index contributed by atoms with van der Waals surface area (Å²) >= 11 is 0. The lowest BCUT2D eigenvalue weighted by Crippen LogP contribution is -2.33. The van der Waals surface area contributed by atoms with Gasteiger partial charge in [0.1, 0.15) is 19.4 Å². The van der Waals surface area contributed by atoms with E-state index in [1.165, 1.54) is 0 Å². The molecule has 1 amide bonds. The first-order valence-corrected chi connectivity index (χ1v) is 8.47. The lowest BCUT2D eigenvalue weighted by atomic mass is 9.88. The van der Waals surface area contributed by atoms with E-state index < -0.39 is 11.5 Å². The van der Waals surface area contributed by atoms with Gasteiger partial charge < -0.3 is 4.74 Å². The predicted octanol–water partition coefficient (Wildman–Crippen LogP) is 2.78. The zero-order valence-corrected chi connectivity index (χ0v) is 15.2. The van der Waals surface area contributed by atoms with Crippen molar-refractivity contribution in [3.63, 3.8) is 0 Å². The molecule has 1 aromatic carbocycles. The van der Waals surface area contributed by atoms with Crippen LogP contribution in [0.3, 0.4) is 0 Å². The summed E-state index contributed by atoms with van der Waals surface area (Å²) in [7, 11) is 5.83. The van der Waals surface area contributed by atoms with Crippen molar-refractivity contribution in [2.45, 2.75) is 45.4 Å². The Morgan fingerprint density at radius 2 is 2.04 bits per heavy atom. The molecule has 2 aromatic rings. The second kappa shape index (κ2) is 6.83. The Morgan fingerprint density at radius 1 is 1.31 bits per heavy atom. The third-order valence-electron chi connectivity index (χ3n) is 4.15. The molecule has 2 heterocycles. The number of hydrogen-bond acceptors (Lipinski definition) is 4. The van der Waals surface area contributed by atoms with Crippen LogP contribution in [0, 0.1) is 11.3 Å². The van der Waals surface area contributed by atoms with Gasteiger partial charge in [-0.05, 0) is 43.5 Å². The summed E-state index contributed by atoms with van der Waals surface area (Å²) in [5, 5.41) is 9.62. The van der Waals surface area contributed by atoms with E-state index in [9.17, 15) is 10.1 Å². The van der Waals surface area contributed by atoms with Gasteiger partial charge in [-0.3, -0.25) is 9.88 Å². The largest absolute Gasteiger partial charge is 0.444 e. The Balaban J connectivity index is 1.82. The van der Waals surface area contributed by atoms with Gasteiger partial charge >= 0.3 is 6.09 Å². The summed E-state index contributed by atoms with van der Waals surface area (Å²) in [5.74, 6) is -0.501. The number of rotatable bonds is 2. The average Bonchev–Trinajstić information content (AvgIpc) is 2.98. The number of aromatic nitrogens is 1. The van der Waals surface area contributed by atoms with E-state index in [0.717, 1.165) is 16.7 Å². The Bertz CT molecular complexity index is 883. The summed E-state index contributed by atoms with van der Waals surface area (Å²) in [6.45, 7) is 6.45. The molecule has 0 saturated heterocycles. The number of nitrogens with zero attached hydrogens (tertiary/aromatic N) is 3. The third kappa shape index (κ3) is 3.88. The fraction of sp³-hybridized carbons (Fsp3) is 0.350. The summed E-state index contributed by atoms with van der Waals surface area (Å²) in [4.78, 5) is 18.4. The maximum Gasteiger partial charge on any atom is 0.410 e. The molecule has 0 fully saturated rings. The maximum atomic E-state index is 12.3. The molecule has 1 aliphatic rings. The van der Waals surface area contributed by atoms with Gasteiger partial charge in [-0.1, -0.05) is 29.7 Å². The van der Waals surface area contributed by atoms with E-state index in [-0.39, 0.29) is 6.09 Å². The Morgan fingerprint density at radius 3 is 2.69 bits per heavy atom. The highest BCUT2D eigenvalue weighted by Gasteiger charge is 2.29. The average molecular weight is 345 g/mol. The lowest BCUT2D eigenvalue weighted by molar-refractivity contribution is 0.0242. The SMILES string of the molecule is [B]c1cccc(C(C#N)c2cc3c(cn2)CN(C(=O)OC(C)(C)C)C3)c1. The van der Waals surface area contributed by atoms with Gasteiger partial charge in [-0.2, -0.15) is 5.26 Å². The smallest absolute Gasteiger partial charge is 0.410 e. The third-order valence-corrected chi connectivity index (χ3v) is 4.15. The molecule has 0 aliphatic carbocycles. The monoisotopic (exact) mass is 345 g/mol. The molecule has 6 heteroatoms. The fourth-order valence-corrected chi connectivity index (χ4v) is 2.96. The molecule has 26 heavy (non-hydrogen) atoms. The molecule has 0 saturated carbocycles. The van der Waals surface area contributed by atoms with E-state index in [4.69, 9.17) is 12.6 Å². The van der Waals surface area contributed by atoms with Crippen LogP contribution in [0.2, 0.25) is 0 Å². The number of carbonyl (C=O) groups excluding carboxylic acids is 1. The lowest BCUT2D eigenvalue weighted by Gasteiger charge is -2.24. The van der Waals surface area contributed by atoms with E-state index in [1.54, 1.807) is 23.2 Å². The van der Waals surface area contributed by atoms with Crippen molar-refractivity contribution in [3.05, 3.63) is 58.9 Å². The first-order chi connectivity index (χ1) is 12.3. The second-order valence-electron chi connectivity index (χ2n) is 7.45. The van der Waals surface area contributed by atoms with Crippen molar-refractivity contribution >= 4 is 19.4 Å². The maximum absolute atomic E-state index is 12.3. The van der Waals surface area contributed by atoms with E-state index in [0.29, 0.717) is 24.2 Å². The van der Waals surface area contributed by atoms with Crippen LogP contribution in [0.5, 0.6) is 0 Å². The summed E-state index contributed by atoms with van der Waals surface area (Å²) in [5.41, 5.74) is 3.51. The number of hydrogen-bond donors (Lipinski definition) is 0. The highest BCUT2D eigenvalue weighted by Crippen LogP contribution is 2.28. The van der Waals surface area contributed by atoms with Crippen molar-refractivity contribution in [2.24, 2.45) is 0 Å². The minimum absolute atomic E-state index is 0.345. The molecule has 130 valence electrons.